The van der Waals surface area contributed by atoms with Gasteiger partial charge in [0.1, 0.15) is 0 Å². The molecule has 3 nitrogen and oxygen atoms in total. The third-order valence-corrected chi connectivity index (χ3v) is 4.24. The first-order chi connectivity index (χ1) is 7.82. The van der Waals surface area contributed by atoms with Gasteiger partial charge >= 0.3 is 7.12 Å². The molecule has 4 heteroatoms. The van der Waals surface area contributed by atoms with Crippen LogP contribution < -0.4 is 0 Å². The average molecular weight is 238 g/mol. The molecule has 1 unspecified atom stereocenters. The van der Waals surface area contributed by atoms with Crippen molar-refractivity contribution in [2.45, 2.75) is 70.7 Å². The van der Waals surface area contributed by atoms with Gasteiger partial charge in [0.2, 0.25) is 0 Å². The summed E-state index contributed by atoms with van der Waals surface area (Å²) in [5, 5.41) is 9.91. The zero-order valence-electron chi connectivity index (χ0n) is 11.3. The maximum absolute atomic E-state index is 9.91. The molecule has 0 radical (unpaired) electrons. The van der Waals surface area contributed by atoms with Crippen molar-refractivity contribution in [1.82, 2.24) is 0 Å². The van der Waals surface area contributed by atoms with Crippen LogP contribution >= 0.6 is 0 Å². The van der Waals surface area contributed by atoms with Crippen LogP contribution in [0, 0.1) is 0 Å². The van der Waals surface area contributed by atoms with Gasteiger partial charge in [-0.2, -0.15) is 0 Å². The van der Waals surface area contributed by atoms with E-state index in [2.05, 4.69) is 0 Å². The molecule has 1 saturated carbocycles. The molecule has 1 aliphatic carbocycles. The highest BCUT2D eigenvalue weighted by Gasteiger charge is 2.50. The molecular formula is C13H23BO3. The Morgan fingerprint density at radius 2 is 1.76 bits per heavy atom. The fourth-order valence-corrected chi connectivity index (χ4v) is 2.34. The normalized spacial score (nSPS) is 34.3. The summed E-state index contributed by atoms with van der Waals surface area (Å²) in [5.74, 6) is 1.97. The first-order valence-electron chi connectivity index (χ1n) is 6.56. The molecule has 1 N–H and O–H groups in total. The monoisotopic (exact) mass is 238 g/mol. The predicted octanol–water partition coefficient (Wildman–Crippen LogP) is 2.48. The Hall–Kier alpha value is -0.315. The van der Waals surface area contributed by atoms with E-state index in [-0.39, 0.29) is 24.4 Å². The van der Waals surface area contributed by atoms with Gasteiger partial charge in [0.25, 0.3) is 0 Å². The summed E-state index contributed by atoms with van der Waals surface area (Å²) in [7, 11) is -0.317. The lowest BCUT2D eigenvalue weighted by molar-refractivity contribution is 0.00578. The van der Waals surface area contributed by atoms with E-state index >= 15 is 0 Å². The van der Waals surface area contributed by atoms with E-state index in [4.69, 9.17) is 9.31 Å². The lowest BCUT2D eigenvalue weighted by Crippen LogP contribution is -2.41. The van der Waals surface area contributed by atoms with Crippen LogP contribution in [0.2, 0.25) is 0 Å². The second-order valence-electron chi connectivity index (χ2n) is 6.13. The van der Waals surface area contributed by atoms with Crippen LogP contribution in [0.5, 0.6) is 0 Å². The Balaban J connectivity index is 2.08. The van der Waals surface area contributed by atoms with E-state index < -0.39 is 0 Å². The van der Waals surface area contributed by atoms with Crippen molar-refractivity contribution in [3.8, 4) is 0 Å². The van der Waals surface area contributed by atoms with Gasteiger partial charge in [0, 0.05) is 0 Å². The van der Waals surface area contributed by atoms with Crippen LogP contribution in [-0.2, 0) is 9.31 Å². The summed E-state index contributed by atoms with van der Waals surface area (Å²) in [5.41, 5.74) is 0.484. The van der Waals surface area contributed by atoms with Crippen molar-refractivity contribution in [3.63, 3.8) is 0 Å². The first kappa shape index (κ1) is 13.1. The molecule has 0 aromatic rings. The van der Waals surface area contributed by atoms with E-state index in [1.807, 2.05) is 33.7 Å². The number of aliphatic hydroxyl groups is 1. The molecule has 2 fully saturated rings. The maximum Gasteiger partial charge on any atom is 0.487 e. The van der Waals surface area contributed by atoms with Crippen molar-refractivity contribution in [1.29, 1.82) is 0 Å². The minimum Gasteiger partial charge on any atom is -0.400 e. The van der Waals surface area contributed by atoms with E-state index in [1.54, 1.807) is 0 Å². The molecule has 17 heavy (non-hydrogen) atoms. The second kappa shape index (κ2) is 4.41. The zero-order valence-corrected chi connectivity index (χ0v) is 11.3. The Labute approximate surface area is 104 Å². The molecule has 0 amide bonds. The molecule has 96 valence electrons. The van der Waals surface area contributed by atoms with Crippen LogP contribution in [0.25, 0.3) is 0 Å². The number of rotatable bonds is 1. The van der Waals surface area contributed by atoms with Gasteiger partial charge in [-0.3, -0.25) is 0 Å². The fourth-order valence-electron chi connectivity index (χ4n) is 2.34. The van der Waals surface area contributed by atoms with Gasteiger partial charge in [0.15, 0.2) is 0 Å². The second-order valence-corrected chi connectivity index (χ2v) is 6.13. The molecule has 0 bridgehead atoms. The molecule has 2 rings (SSSR count). The zero-order chi connectivity index (χ0) is 12.7. The molecule has 1 saturated heterocycles. The van der Waals surface area contributed by atoms with Crippen molar-refractivity contribution in [3.05, 3.63) is 11.5 Å². The van der Waals surface area contributed by atoms with Crippen LogP contribution in [0.1, 0.15) is 53.4 Å². The van der Waals surface area contributed by atoms with Crippen molar-refractivity contribution in [2.75, 3.05) is 0 Å². The number of hydrogen-bond acceptors (Lipinski definition) is 3. The maximum atomic E-state index is 9.91. The highest BCUT2D eigenvalue weighted by molar-refractivity contribution is 6.51. The van der Waals surface area contributed by atoms with Gasteiger partial charge in [-0.15, -0.1) is 0 Å². The summed E-state index contributed by atoms with van der Waals surface area (Å²) < 4.78 is 11.8. The van der Waals surface area contributed by atoms with Gasteiger partial charge in [-0.1, -0.05) is 12.4 Å². The SMILES string of the molecule is CC1(C)OB(/C=C2\CCCCC2O)OC1(C)C. The standard InChI is InChI=1S/C13H23BO3/c1-12(2)13(3,4)17-14(16-12)9-10-7-5-6-8-11(10)15/h9,11,15H,5-8H2,1-4H3/b10-9+. The Morgan fingerprint density at radius 1 is 1.18 bits per heavy atom. The lowest BCUT2D eigenvalue weighted by atomic mass is 9.81. The van der Waals surface area contributed by atoms with Crippen molar-refractivity contribution in [2.24, 2.45) is 0 Å². The Bertz CT molecular complexity index is 307. The van der Waals surface area contributed by atoms with Crippen molar-refractivity contribution < 1.29 is 14.4 Å². The van der Waals surface area contributed by atoms with E-state index in [0.29, 0.717) is 0 Å². The highest BCUT2D eigenvalue weighted by atomic mass is 16.7. The molecule has 0 aromatic carbocycles. The molecule has 0 aromatic heterocycles. The van der Waals surface area contributed by atoms with E-state index in [1.165, 1.54) is 0 Å². The number of hydrogen-bond donors (Lipinski definition) is 1. The van der Waals surface area contributed by atoms with Gasteiger partial charge < -0.3 is 14.4 Å². The quantitative estimate of drug-likeness (QED) is 0.713. The van der Waals surface area contributed by atoms with Crippen LogP contribution in [0.4, 0.5) is 0 Å². The highest BCUT2D eigenvalue weighted by Crippen LogP contribution is 2.37. The minimum atomic E-state index is -0.317. The molecule has 1 atom stereocenters. The predicted molar refractivity (Wildman–Crippen MR) is 68.6 cm³/mol. The summed E-state index contributed by atoms with van der Waals surface area (Å²) in [4.78, 5) is 0. The molecular weight excluding hydrogens is 215 g/mol. The summed E-state index contributed by atoms with van der Waals surface area (Å²) in [6.07, 6.45) is 3.80. The molecule has 1 heterocycles. The van der Waals surface area contributed by atoms with E-state index in [9.17, 15) is 5.11 Å². The minimum absolute atomic E-state index is 0.297. The lowest BCUT2D eigenvalue weighted by Gasteiger charge is -2.32. The summed E-state index contributed by atoms with van der Waals surface area (Å²) in [6.45, 7) is 8.18. The topological polar surface area (TPSA) is 38.7 Å². The number of aliphatic hydroxyl groups excluding tert-OH is 1. The fraction of sp³-hybridized carbons (Fsp3) is 0.846. The van der Waals surface area contributed by atoms with E-state index in [0.717, 1.165) is 31.3 Å². The van der Waals surface area contributed by atoms with Crippen LogP contribution in [0.3, 0.4) is 0 Å². The van der Waals surface area contributed by atoms with Crippen molar-refractivity contribution >= 4 is 7.12 Å². The smallest absolute Gasteiger partial charge is 0.400 e. The molecule has 2 aliphatic rings. The molecule has 0 spiro atoms. The third kappa shape index (κ3) is 2.59. The average Bonchev–Trinajstić information content (AvgIpc) is 2.39. The largest absolute Gasteiger partial charge is 0.487 e. The van der Waals surface area contributed by atoms with Crippen LogP contribution in [-0.4, -0.2) is 29.5 Å². The third-order valence-electron chi connectivity index (χ3n) is 4.24. The Morgan fingerprint density at radius 3 is 2.29 bits per heavy atom. The van der Waals surface area contributed by atoms with Gasteiger partial charge in [-0.25, -0.2) is 0 Å². The van der Waals surface area contributed by atoms with Gasteiger partial charge in [0.05, 0.1) is 17.3 Å². The molecule has 1 aliphatic heterocycles. The Kier molecular flexibility index (Phi) is 3.41. The summed E-state index contributed by atoms with van der Waals surface area (Å²) in [6, 6.07) is 0. The van der Waals surface area contributed by atoms with Crippen LogP contribution in [0.15, 0.2) is 11.5 Å². The first-order valence-corrected chi connectivity index (χ1v) is 6.56. The van der Waals surface area contributed by atoms with Gasteiger partial charge in [-0.05, 0) is 52.5 Å². The summed E-state index contributed by atoms with van der Waals surface area (Å²) >= 11 is 0.